The summed E-state index contributed by atoms with van der Waals surface area (Å²) >= 11 is 0. The smallest absolute Gasteiger partial charge is 0.407 e. The van der Waals surface area contributed by atoms with E-state index in [4.69, 9.17) is 4.74 Å². The Morgan fingerprint density at radius 3 is 2.56 bits per heavy atom. The second-order valence-corrected chi connectivity index (χ2v) is 6.81. The number of benzene rings is 1. The average Bonchev–Trinajstić information content (AvgIpc) is 2.96. The molecule has 2 fully saturated rings. The van der Waals surface area contributed by atoms with Gasteiger partial charge in [-0.3, -0.25) is 9.59 Å². The van der Waals surface area contributed by atoms with Gasteiger partial charge in [0.15, 0.2) is 0 Å². The minimum absolute atomic E-state index is 0.0148. The Morgan fingerprint density at radius 1 is 1.28 bits per heavy atom. The van der Waals surface area contributed by atoms with Gasteiger partial charge in [0.1, 0.15) is 6.61 Å². The third-order valence-corrected chi connectivity index (χ3v) is 4.81. The zero-order chi connectivity index (χ0) is 17.9. The first-order chi connectivity index (χ1) is 12.0. The number of hydrogen-bond acceptors (Lipinski definition) is 4. The average molecular weight is 345 g/mol. The van der Waals surface area contributed by atoms with Gasteiger partial charge in [0.25, 0.3) is 5.91 Å². The van der Waals surface area contributed by atoms with Gasteiger partial charge in [-0.1, -0.05) is 18.2 Å². The van der Waals surface area contributed by atoms with Crippen LogP contribution in [0.3, 0.4) is 0 Å². The van der Waals surface area contributed by atoms with Crippen LogP contribution in [0, 0.1) is 0 Å². The van der Waals surface area contributed by atoms with Crippen LogP contribution >= 0.6 is 0 Å². The van der Waals surface area contributed by atoms with Crippen molar-refractivity contribution in [2.45, 2.75) is 37.8 Å². The quantitative estimate of drug-likeness (QED) is 0.861. The molecule has 1 aromatic rings. The summed E-state index contributed by atoms with van der Waals surface area (Å²) in [4.78, 5) is 37.6. The van der Waals surface area contributed by atoms with Crippen molar-refractivity contribution in [3.05, 3.63) is 35.9 Å². The molecule has 0 aliphatic carbocycles. The van der Waals surface area contributed by atoms with Gasteiger partial charge in [0, 0.05) is 31.1 Å². The second-order valence-electron chi connectivity index (χ2n) is 6.81. The molecule has 7 heteroatoms. The largest absolute Gasteiger partial charge is 0.447 e. The van der Waals surface area contributed by atoms with Gasteiger partial charge in [-0.2, -0.15) is 0 Å². The Labute approximate surface area is 146 Å². The van der Waals surface area contributed by atoms with E-state index >= 15 is 0 Å². The summed E-state index contributed by atoms with van der Waals surface area (Å²) < 4.78 is 4.99. The lowest BCUT2D eigenvalue weighted by Crippen LogP contribution is -2.54. The van der Waals surface area contributed by atoms with E-state index in [2.05, 4.69) is 10.6 Å². The Balaban J connectivity index is 1.46. The van der Waals surface area contributed by atoms with Crippen molar-refractivity contribution in [2.24, 2.45) is 0 Å². The third kappa shape index (κ3) is 4.10. The Bertz CT molecular complexity index is 654. The summed E-state index contributed by atoms with van der Waals surface area (Å²) in [7, 11) is 0. The molecule has 0 unspecified atom stereocenters. The number of cyclic esters (lactones) is 1. The topological polar surface area (TPSA) is 87.7 Å². The van der Waals surface area contributed by atoms with Gasteiger partial charge in [0.2, 0.25) is 5.91 Å². The standard InChI is InChI=1S/C18H23N3O4/c1-13(19-16(23)14-5-3-2-4-6-14)11-15(22)21-9-7-18(8-10-21)12-25-17(24)20-18/h2-6,13H,7-12H2,1H3,(H,19,23)(H,20,24)/t13-/m0/s1. The van der Waals surface area contributed by atoms with Crippen LogP contribution in [-0.2, 0) is 9.53 Å². The lowest BCUT2D eigenvalue weighted by atomic mass is 9.89. The molecule has 2 saturated heterocycles. The maximum atomic E-state index is 12.5. The van der Waals surface area contributed by atoms with Crippen LogP contribution in [0.2, 0.25) is 0 Å². The first-order valence-corrected chi connectivity index (χ1v) is 8.56. The Kier molecular flexibility index (Phi) is 4.92. The molecule has 134 valence electrons. The SMILES string of the molecule is C[C@@H](CC(=O)N1CCC2(CC1)COC(=O)N2)NC(=O)c1ccccc1. The van der Waals surface area contributed by atoms with E-state index in [0.717, 1.165) is 0 Å². The van der Waals surface area contributed by atoms with Crippen LogP contribution in [0.15, 0.2) is 30.3 Å². The molecule has 0 saturated carbocycles. The summed E-state index contributed by atoms with van der Waals surface area (Å²) in [5.41, 5.74) is 0.264. The number of nitrogens with zero attached hydrogens (tertiary/aromatic N) is 1. The Hall–Kier alpha value is -2.57. The second kappa shape index (κ2) is 7.13. The summed E-state index contributed by atoms with van der Waals surface area (Å²) in [6.07, 6.45) is 1.26. The first-order valence-electron chi connectivity index (χ1n) is 8.56. The van der Waals surface area contributed by atoms with E-state index in [1.54, 1.807) is 29.2 Å². The van der Waals surface area contributed by atoms with Gasteiger partial charge < -0.3 is 20.3 Å². The Morgan fingerprint density at radius 2 is 1.96 bits per heavy atom. The van der Waals surface area contributed by atoms with Crippen molar-refractivity contribution in [2.75, 3.05) is 19.7 Å². The number of carbonyl (C=O) groups excluding carboxylic acids is 3. The zero-order valence-electron chi connectivity index (χ0n) is 14.3. The summed E-state index contributed by atoms with van der Waals surface area (Å²) in [5.74, 6) is -0.162. The summed E-state index contributed by atoms with van der Waals surface area (Å²) in [6.45, 7) is 3.37. The highest BCUT2D eigenvalue weighted by atomic mass is 16.6. The predicted octanol–water partition coefficient (Wildman–Crippen LogP) is 1.30. The minimum Gasteiger partial charge on any atom is -0.447 e. The zero-order valence-corrected chi connectivity index (χ0v) is 14.3. The molecule has 0 aromatic heterocycles. The van der Waals surface area contributed by atoms with Crippen LogP contribution in [-0.4, -0.2) is 54.1 Å². The fourth-order valence-electron chi connectivity index (χ4n) is 3.28. The minimum atomic E-state index is -0.378. The normalized spacial score (nSPS) is 19.9. The van der Waals surface area contributed by atoms with Crippen molar-refractivity contribution in [3.8, 4) is 0 Å². The van der Waals surface area contributed by atoms with Crippen molar-refractivity contribution in [1.29, 1.82) is 0 Å². The fraction of sp³-hybridized carbons (Fsp3) is 0.500. The molecule has 3 rings (SSSR count). The van der Waals surface area contributed by atoms with Crippen molar-refractivity contribution in [1.82, 2.24) is 15.5 Å². The molecule has 7 nitrogen and oxygen atoms in total. The molecule has 1 aromatic carbocycles. The highest BCUT2D eigenvalue weighted by Gasteiger charge is 2.42. The first kappa shape index (κ1) is 17.3. The molecule has 0 bridgehead atoms. The molecule has 3 amide bonds. The number of carbonyl (C=O) groups is 3. The highest BCUT2D eigenvalue weighted by Crippen LogP contribution is 2.26. The monoisotopic (exact) mass is 345 g/mol. The maximum absolute atomic E-state index is 12.5. The number of nitrogens with one attached hydrogen (secondary N) is 2. The van der Waals surface area contributed by atoms with Crippen LogP contribution in [0.4, 0.5) is 4.79 Å². The number of amides is 3. The van der Waals surface area contributed by atoms with E-state index in [0.29, 0.717) is 38.1 Å². The van der Waals surface area contributed by atoms with Crippen molar-refractivity contribution < 1.29 is 19.1 Å². The molecule has 2 aliphatic rings. The number of hydrogen-bond donors (Lipinski definition) is 2. The molecule has 2 aliphatic heterocycles. The number of likely N-dealkylation sites (tertiary alicyclic amines) is 1. The number of piperidine rings is 1. The molecular weight excluding hydrogens is 322 g/mol. The van der Waals surface area contributed by atoms with Gasteiger partial charge in [0.05, 0.1) is 5.54 Å². The van der Waals surface area contributed by atoms with Crippen molar-refractivity contribution >= 4 is 17.9 Å². The number of ether oxygens (including phenoxy) is 1. The lowest BCUT2D eigenvalue weighted by Gasteiger charge is -2.37. The molecule has 1 spiro atoms. The molecule has 0 radical (unpaired) electrons. The van der Waals surface area contributed by atoms with Gasteiger partial charge in [-0.15, -0.1) is 0 Å². The summed E-state index contributed by atoms with van der Waals surface area (Å²) in [5, 5.41) is 5.71. The van der Waals surface area contributed by atoms with Gasteiger partial charge in [-0.25, -0.2) is 4.79 Å². The van der Waals surface area contributed by atoms with Crippen LogP contribution < -0.4 is 10.6 Å². The number of rotatable bonds is 4. The number of alkyl carbamates (subject to hydrolysis) is 1. The van der Waals surface area contributed by atoms with Crippen LogP contribution in [0.5, 0.6) is 0 Å². The van der Waals surface area contributed by atoms with E-state index in [-0.39, 0.29) is 35.9 Å². The van der Waals surface area contributed by atoms with Crippen LogP contribution in [0.1, 0.15) is 36.5 Å². The predicted molar refractivity (Wildman–Crippen MR) is 91.0 cm³/mol. The van der Waals surface area contributed by atoms with E-state index in [1.807, 2.05) is 13.0 Å². The molecule has 2 N–H and O–H groups in total. The molecule has 2 heterocycles. The van der Waals surface area contributed by atoms with E-state index in [1.165, 1.54) is 0 Å². The van der Waals surface area contributed by atoms with Crippen LogP contribution in [0.25, 0.3) is 0 Å². The van der Waals surface area contributed by atoms with E-state index in [9.17, 15) is 14.4 Å². The molecule has 25 heavy (non-hydrogen) atoms. The third-order valence-electron chi connectivity index (χ3n) is 4.81. The van der Waals surface area contributed by atoms with E-state index < -0.39 is 0 Å². The maximum Gasteiger partial charge on any atom is 0.407 e. The van der Waals surface area contributed by atoms with Gasteiger partial charge in [-0.05, 0) is 31.9 Å². The fourth-order valence-corrected chi connectivity index (χ4v) is 3.28. The summed E-state index contributed by atoms with van der Waals surface area (Å²) in [6, 6.07) is 8.70. The molecular formula is C18H23N3O4. The highest BCUT2D eigenvalue weighted by molar-refractivity contribution is 5.94. The van der Waals surface area contributed by atoms with Gasteiger partial charge >= 0.3 is 6.09 Å². The van der Waals surface area contributed by atoms with Crippen molar-refractivity contribution in [3.63, 3.8) is 0 Å². The lowest BCUT2D eigenvalue weighted by molar-refractivity contribution is -0.133. The molecule has 1 atom stereocenters.